The van der Waals surface area contributed by atoms with E-state index in [4.69, 9.17) is 17.3 Å². The van der Waals surface area contributed by atoms with E-state index in [1.165, 1.54) is 0 Å². The number of nitrogens with zero attached hydrogens (tertiary/aromatic N) is 1. The van der Waals surface area contributed by atoms with Crippen LogP contribution < -0.4 is 5.73 Å². The molecule has 0 atom stereocenters. The number of hydrogen-bond donors (Lipinski definition) is 1. The Bertz CT molecular complexity index is 198. The maximum absolute atomic E-state index is 5.55. The lowest BCUT2D eigenvalue weighted by molar-refractivity contribution is 0.964. The maximum Gasteiger partial charge on any atom is 0.0647 e. The summed E-state index contributed by atoms with van der Waals surface area (Å²) < 4.78 is 0. The summed E-state index contributed by atoms with van der Waals surface area (Å²) in [5.74, 6) is 0.452. The molecule has 5 heteroatoms. The minimum absolute atomic E-state index is 0. The number of halogens is 3. The first-order chi connectivity index (χ1) is 4.86. The lowest BCUT2D eigenvalue weighted by Crippen LogP contribution is -2.00. The van der Waals surface area contributed by atoms with Crippen molar-refractivity contribution in [1.29, 1.82) is 0 Å². The van der Waals surface area contributed by atoms with Gasteiger partial charge in [-0.2, -0.15) is 0 Å². The summed E-state index contributed by atoms with van der Waals surface area (Å²) in [6.45, 7) is 0.477. The Morgan fingerprint density at radius 1 is 1.25 bits per heavy atom. The third kappa shape index (κ3) is 4.12. The Morgan fingerprint density at radius 3 is 2.33 bits per heavy atom. The SMILES string of the molecule is Cl.Cl.NCc1cccc(CCl)n1. The molecule has 0 fully saturated rings. The zero-order chi connectivity index (χ0) is 7.40. The predicted molar refractivity (Wildman–Crippen MR) is 56.2 cm³/mol. The molecule has 0 radical (unpaired) electrons. The van der Waals surface area contributed by atoms with Gasteiger partial charge in [0.15, 0.2) is 0 Å². The number of aromatic nitrogens is 1. The van der Waals surface area contributed by atoms with Gasteiger partial charge in [0.05, 0.1) is 17.3 Å². The Balaban J connectivity index is 0. The van der Waals surface area contributed by atoms with Gasteiger partial charge in [-0.15, -0.1) is 36.4 Å². The molecule has 2 N–H and O–H groups in total. The predicted octanol–water partition coefficient (Wildman–Crippen LogP) is 2.12. The molecule has 0 unspecified atom stereocenters. The molecule has 0 bridgehead atoms. The van der Waals surface area contributed by atoms with Crippen molar-refractivity contribution < 1.29 is 0 Å². The van der Waals surface area contributed by atoms with Crippen molar-refractivity contribution in [3.8, 4) is 0 Å². The highest BCUT2D eigenvalue weighted by Gasteiger charge is 1.92. The maximum atomic E-state index is 5.55. The van der Waals surface area contributed by atoms with Crippen LogP contribution in [0.15, 0.2) is 18.2 Å². The smallest absolute Gasteiger partial charge is 0.0647 e. The molecular formula is C7H11Cl3N2. The van der Waals surface area contributed by atoms with Crippen LogP contribution in [0.2, 0.25) is 0 Å². The van der Waals surface area contributed by atoms with Gasteiger partial charge >= 0.3 is 0 Å². The van der Waals surface area contributed by atoms with Gasteiger partial charge in [-0.1, -0.05) is 6.07 Å². The summed E-state index contributed by atoms with van der Waals surface area (Å²) in [6.07, 6.45) is 0. The number of alkyl halides is 1. The Labute approximate surface area is 89.3 Å². The van der Waals surface area contributed by atoms with E-state index < -0.39 is 0 Å². The highest BCUT2D eigenvalue weighted by atomic mass is 35.5. The summed E-state index contributed by atoms with van der Waals surface area (Å²) in [7, 11) is 0. The Morgan fingerprint density at radius 2 is 1.83 bits per heavy atom. The van der Waals surface area contributed by atoms with Crippen LogP contribution in [0, 0.1) is 0 Å². The first kappa shape index (κ1) is 14.5. The van der Waals surface area contributed by atoms with Crippen molar-refractivity contribution in [2.75, 3.05) is 0 Å². The van der Waals surface area contributed by atoms with E-state index in [-0.39, 0.29) is 24.8 Å². The molecule has 0 saturated carbocycles. The van der Waals surface area contributed by atoms with Crippen LogP contribution in [0.3, 0.4) is 0 Å². The summed E-state index contributed by atoms with van der Waals surface area (Å²) in [5.41, 5.74) is 7.13. The van der Waals surface area contributed by atoms with Gasteiger partial charge in [-0.3, -0.25) is 4.98 Å². The van der Waals surface area contributed by atoms with Gasteiger partial charge in [0.1, 0.15) is 0 Å². The standard InChI is InChI=1S/C7H9ClN2.2ClH/c8-4-6-2-1-3-7(5-9)10-6;;/h1-3H,4-5,9H2;2*1H. The van der Waals surface area contributed by atoms with Crippen molar-refractivity contribution in [1.82, 2.24) is 4.98 Å². The second kappa shape index (κ2) is 7.62. The zero-order valence-corrected chi connectivity index (χ0v) is 8.75. The molecule has 1 aromatic rings. The third-order valence-electron chi connectivity index (χ3n) is 1.21. The van der Waals surface area contributed by atoms with Gasteiger partial charge < -0.3 is 5.73 Å². The lowest BCUT2D eigenvalue weighted by Gasteiger charge is -1.96. The van der Waals surface area contributed by atoms with E-state index in [0.717, 1.165) is 11.4 Å². The lowest BCUT2D eigenvalue weighted by atomic mass is 10.3. The van der Waals surface area contributed by atoms with Crippen LogP contribution >= 0.6 is 36.4 Å². The van der Waals surface area contributed by atoms with E-state index in [1.54, 1.807) is 0 Å². The number of pyridine rings is 1. The highest BCUT2D eigenvalue weighted by Crippen LogP contribution is 2.00. The monoisotopic (exact) mass is 228 g/mol. The van der Waals surface area contributed by atoms with Crippen molar-refractivity contribution in [3.63, 3.8) is 0 Å². The van der Waals surface area contributed by atoms with E-state index in [0.29, 0.717) is 12.4 Å². The van der Waals surface area contributed by atoms with Crippen LogP contribution in [-0.4, -0.2) is 4.98 Å². The fourth-order valence-corrected chi connectivity index (χ4v) is 0.866. The molecule has 12 heavy (non-hydrogen) atoms. The van der Waals surface area contributed by atoms with E-state index in [9.17, 15) is 0 Å². The number of rotatable bonds is 2. The second-order valence-electron chi connectivity index (χ2n) is 1.96. The fourth-order valence-electron chi connectivity index (χ4n) is 0.717. The molecular weight excluding hydrogens is 218 g/mol. The average Bonchev–Trinajstić information content (AvgIpc) is 2.05. The van der Waals surface area contributed by atoms with Gasteiger partial charge in [-0.05, 0) is 12.1 Å². The van der Waals surface area contributed by atoms with Crippen molar-refractivity contribution in [2.45, 2.75) is 12.4 Å². The molecule has 1 rings (SSSR count). The van der Waals surface area contributed by atoms with Crippen LogP contribution in [0.5, 0.6) is 0 Å². The molecule has 0 aromatic carbocycles. The molecule has 2 nitrogen and oxygen atoms in total. The Kier molecular flexibility index (Phi) is 9.21. The van der Waals surface area contributed by atoms with Crippen LogP contribution in [0.1, 0.15) is 11.4 Å². The van der Waals surface area contributed by atoms with Crippen LogP contribution in [0.25, 0.3) is 0 Å². The molecule has 0 saturated heterocycles. The molecule has 0 spiro atoms. The van der Waals surface area contributed by atoms with Crippen LogP contribution in [-0.2, 0) is 12.4 Å². The summed E-state index contributed by atoms with van der Waals surface area (Å²) in [4.78, 5) is 4.15. The van der Waals surface area contributed by atoms with Gasteiger partial charge in [-0.25, -0.2) is 0 Å². The molecule has 1 heterocycles. The van der Waals surface area contributed by atoms with Gasteiger partial charge in [0.25, 0.3) is 0 Å². The van der Waals surface area contributed by atoms with Crippen molar-refractivity contribution >= 4 is 36.4 Å². The fraction of sp³-hybridized carbons (Fsp3) is 0.286. The molecule has 0 amide bonds. The Hall–Kier alpha value is -0.0200. The zero-order valence-electron chi connectivity index (χ0n) is 6.37. The van der Waals surface area contributed by atoms with Crippen molar-refractivity contribution in [2.24, 2.45) is 5.73 Å². The molecule has 0 aliphatic rings. The van der Waals surface area contributed by atoms with Gasteiger partial charge in [0, 0.05) is 6.54 Å². The molecule has 0 aliphatic heterocycles. The first-order valence-electron chi connectivity index (χ1n) is 3.07. The number of nitrogens with two attached hydrogens (primary N) is 1. The highest BCUT2D eigenvalue weighted by molar-refractivity contribution is 6.16. The topological polar surface area (TPSA) is 38.9 Å². The second-order valence-corrected chi connectivity index (χ2v) is 2.23. The van der Waals surface area contributed by atoms with E-state index >= 15 is 0 Å². The molecule has 70 valence electrons. The van der Waals surface area contributed by atoms with Crippen LogP contribution in [0.4, 0.5) is 0 Å². The minimum Gasteiger partial charge on any atom is -0.325 e. The van der Waals surface area contributed by atoms with E-state index in [1.807, 2.05) is 18.2 Å². The van der Waals surface area contributed by atoms with Gasteiger partial charge in [0.2, 0.25) is 0 Å². The average molecular weight is 230 g/mol. The van der Waals surface area contributed by atoms with E-state index in [2.05, 4.69) is 4.98 Å². The number of hydrogen-bond acceptors (Lipinski definition) is 2. The molecule has 1 aromatic heterocycles. The normalized spacial score (nSPS) is 8.17. The largest absolute Gasteiger partial charge is 0.325 e. The summed E-state index contributed by atoms with van der Waals surface area (Å²) in [5, 5.41) is 0. The summed E-state index contributed by atoms with van der Waals surface area (Å²) in [6, 6.07) is 5.68. The van der Waals surface area contributed by atoms with Crippen molar-refractivity contribution in [3.05, 3.63) is 29.6 Å². The summed E-state index contributed by atoms with van der Waals surface area (Å²) >= 11 is 5.55. The minimum atomic E-state index is 0. The molecule has 0 aliphatic carbocycles. The third-order valence-corrected chi connectivity index (χ3v) is 1.48. The quantitative estimate of drug-likeness (QED) is 0.789. The first-order valence-corrected chi connectivity index (χ1v) is 3.61.